The molecule has 0 aromatic heterocycles. The number of halogens is 1. The standard InChI is InChI=1S/C21H36N4O3S.HI/c1-6-22-21(23-8-7-13-29-5)25-11-9-24(10-12-25)16-17-14-18(26-2)20(28-4)19(15-17)27-3;/h14-15H,6-13,16H2,1-5H3,(H,22,23);1H. The average Bonchev–Trinajstić information content (AvgIpc) is 2.75. The number of ether oxygens (including phenoxy) is 3. The number of rotatable bonds is 10. The van der Waals surface area contributed by atoms with Crippen molar-refractivity contribution in [1.29, 1.82) is 0 Å². The number of methoxy groups -OCH3 is 3. The molecule has 9 heteroatoms. The Kier molecular flexibility index (Phi) is 13.3. The molecule has 0 amide bonds. The molecule has 0 spiro atoms. The summed E-state index contributed by atoms with van der Waals surface area (Å²) in [6.45, 7) is 8.68. The van der Waals surface area contributed by atoms with Crippen LogP contribution in [0.1, 0.15) is 18.9 Å². The minimum atomic E-state index is 0. The summed E-state index contributed by atoms with van der Waals surface area (Å²) in [6, 6.07) is 4.07. The highest BCUT2D eigenvalue weighted by atomic mass is 127. The zero-order valence-corrected chi connectivity index (χ0v) is 22.0. The van der Waals surface area contributed by atoms with Gasteiger partial charge in [0.25, 0.3) is 0 Å². The van der Waals surface area contributed by atoms with Gasteiger partial charge >= 0.3 is 0 Å². The summed E-state index contributed by atoms with van der Waals surface area (Å²) in [6.07, 6.45) is 3.26. The molecule has 0 saturated carbocycles. The molecule has 1 fully saturated rings. The van der Waals surface area contributed by atoms with Crippen molar-refractivity contribution in [3.05, 3.63) is 17.7 Å². The van der Waals surface area contributed by atoms with E-state index in [0.717, 1.165) is 69.5 Å². The van der Waals surface area contributed by atoms with Gasteiger partial charge in [-0.1, -0.05) is 0 Å². The summed E-state index contributed by atoms with van der Waals surface area (Å²) in [5.41, 5.74) is 1.16. The second-order valence-electron chi connectivity index (χ2n) is 6.88. The lowest BCUT2D eigenvalue weighted by Gasteiger charge is -2.36. The predicted molar refractivity (Wildman–Crippen MR) is 137 cm³/mol. The van der Waals surface area contributed by atoms with Gasteiger partial charge in [0, 0.05) is 45.8 Å². The molecule has 2 rings (SSSR count). The van der Waals surface area contributed by atoms with Gasteiger partial charge in [0.15, 0.2) is 17.5 Å². The van der Waals surface area contributed by atoms with Crippen LogP contribution in [-0.4, -0.2) is 88.4 Å². The minimum absolute atomic E-state index is 0. The Labute approximate surface area is 202 Å². The molecule has 0 bridgehead atoms. The van der Waals surface area contributed by atoms with Gasteiger partial charge in [-0.05, 0) is 43.0 Å². The summed E-state index contributed by atoms with van der Waals surface area (Å²) < 4.78 is 16.4. The highest BCUT2D eigenvalue weighted by Crippen LogP contribution is 2.38. The number of benzene rings is 1. The van der Waals surface area contributed by atoms with E-state index < -0.39 is 0 Å². The van der Waals surface area contributed by atoms with E-state index in [1.165, 1.54) is 0 Å². The van der Waals surface area contributed by atoms with E-state index in [9.17, 15) is 0 Å². The van der Waals surface area contributed by atoms with E-state index in [1.54, 1.807) is 21.3 Å². The highest BCUT2D eigenvalue weighted by molar-refractivity contribution is 14.0. The Morgan fingerprint density at radius 3 is 2.20 bits per heavy atom. The van der Waals surface area contributed by atoms with Crippen molar-refractivity contribution in [2.45, 2.75) is 19.9 Å². The molecule has 1 saturated heterocycles. The quantitative estimate of drug-likeness (QED) is 0.207. The average molecular weight is 553 g/mol. The van der Waals surface area contributed by atoms with Gasteiger partial charge in [-0.15, -0.1) is 24.0 Å². The number of guanidine groups is 1. The number of piperazine rings is 1. The fourth-order valence-corrected chi connectivity index (χ4v) is 3.84. The molecule has 1 heterocycles. The lowest BCUT2D eigenvalue weighted by Crippen LogP contribution is -2.52. The van der Waals surface area contributed by atoms with Crippen molar-refractivity contribution >= 4 is 41.7 Å². The molecule has 1 aromatic rings. The zero-order valence-electron chi connectivity index (χ0n) is 18.9. The highest BCUT2D eigenvalue weighted by Gasteiger charge is 2.21. The normalized spacial score (nSPS) is 14.8. The van der Waals surface area contributed by atoms with Crippen LogP contribution in [0.5, 0.6) is 17.2 Å². The molecule has 1 aliphatic heterocycles. The summed E-state index contributed by atoms with van der Waals surface area (Å²) >= 11 is 1.88. The van der Waals surface area contributed by atoms with E-state index in [4.69, 9.17) is 19.2 Å². The molecular weight excluding hydrogens is 515 g/mol. The Morgan fingerprint density at radius 2 is 1.70 bits per heavy atom. The van der Waals surface area contributed by atoms with Crippen LogP contribution in [0.25, 0.3) is 0 Å². The van der Waals surface area contributed by atoms with Crippen LogP contribution in [0.15, 0.2) is 17.1 Å². The number of nitrogens with one attached hydrogen (secondary N) is 1. The molecule has 1 aliphatic rings. The van der Waals surface area contributed by atoms with Gasteiger partial charge in [-0.25, -0.2) is 0 Å². The smallest absolute Gasteiger partial charge is 0.203 e. The van der Waals surface area contributed by atoms with Crippen LogP contribution in [-0.2, 0) is 6.54 Å². The number of hydrogen-bond donors (Lipinski definition) is 1. The van der Waals surface area contributed by atoms with Crippen LogP contribution in [0.4, 0.5) is 0 Å². The lowest BCUT2D eigenvalue weighted by atomic mass is 10.1. The summed E-state index contributed by atoms with van der Waals surface area (Å²) in [4.78, 5) is 9.62. The van der Waals surface area contributed by atoms with Crippen LogP contribution >= 0.6 is 35.7 Å². The molecule has 0 radical (unpaired) electrons. The second kappa shape index (κ2) is 14.9. The topological polar surface area (TPSA) is 58.6 Å². The summed E-state index contributed by atoms with van der Waals surface area (Å²) in [7, 11) is 4.94. The molecule has 172 valence electrons. The third-order valence-electron chi connectivity index (χ3n) is 4.91. The largest absolute Gasteiger partial charge is 0.493 e. The first-order valence-corrected chi connectivity index (χ1v) is 11.6. The van der Waals surface area contributed by atoms with Gasteiger partial charge in [0.2, 0.25) is 5.75 Å². The fraction of sp³-hybridized carbons (Fsp3) is 0.667. The summed E-state index contributed by atoms with van der Waals surface area (Å²) in [5, 5.41) is 3.44. The Hall–Kier alpha value is -1.07. The first-order chi connectivity index (χ1) is 14.2. The van der Waals surface area contributed by atoms with E-state index in [1.807, 2.05) is 23.9 Å². The molecule has 1 N–H and O–H groups in total. The van der Waals surface area contributed by atoms with Crippen molar-refractivity contribution in [1.82, 2.24) is 15.1 Å². The molecule has 1 aromatic carbocycles. The van der Waals surface area contributed by atoms with E-state index in [2.05, 4.69) is 28.3 Å². The zero-order chi connectivity index (χ0) is 21.1. The van der Waals surface area contributed by atoms with Crippen molar-refractivity contribution < 1.29 is 14.2 Å². The second-order valence-corrected chi connectivity index (χ2v) is 7.86. The summed E-state index contributed by atoms with van der Waals surface area (Å²) in [5.74, 6) is 4.24. The number of hydrogen-bond acceptors (Lipinski definition) is 6. The first kappa shape index (κ1) is 27.0. The molecule has 0 unspecified atom stereocenters. The molecule has 7 nitrogen and oxygen atoms in total. The van der Waals surface area contributed by atoms with Crippen molar-refractivity contribution in [2.75, 3.05) is 72.6 Å². The van der Waals surface area contributed by atoms with Crippen LogP contribution in [0, 0.1) is 0 Å². The Bertz CT molecular complexity index is 630. The maximum Gasteiger partial charge on any atom is 0.203 e. The Morgan fingerprint density at radius 1 is 1.07 bits per heavy atom. The van der Waals surface area contributed by atoms with Gasteiger partial charge in [0.1, 0.15) is 0 Å². The number of aliphatic imine (C=N–C) groups is 1. The van der Waals surface area contributed by atoms with E-state index >= 15 is 0 Å². The molecule has 30 heavy (non-hydrogen) atoms. The monoisotopic (exact) mass is 552 g/mol. The van der Waals surface area contributed by atoms with Crippen LogP contribution in [0.2, 0.25) is 0 Å². The molecular formula is C21H37IN4O3S. The van der Waals surface area contributed by atoms with Gasteiger partial charge in [-0.2, -0.15) is 11.8 Å². The lowest BCUT2D eigenvalue weighted by molar-refractivity contribution is 0.172. The van der Waals surface area contributed by atoms with Crippen molar-refractivity contribution in [3.8, 4) is 17.2 Å². The van der Waals surface area contributed by atoms with Crippen LogP contribution in [0.3, 0.4) is 0 Å². The van der Waals surface area contributed by atoms with E-state index in [0.29, 0.717) is 17.2 Å². The number of thioether (sulfide) groups is 1. The third-order valence-corrected chi connectivity index (χ3v) is 5.60. The van der Waals surface area contributed by atoms with Crippen LogP contribution < -0.4 is 19.5 Å². The van der Waals surface area contributed by atoms with Gasteiger partial charge in [-0.3, -0.25) is 9.89 Å². The third kappa shape index (κ3) is 7.88. The molecule has 0 atom stereocenters. The minimum Gasteiger partial charge on any atom is -0.493 e. The maximum atomic E-state index is 5.48. The maximum absolute atomic E-state index is 5.48. The van der Waals surface area contributed by atoms with E-state index in [-0.39, 0.29) is 24.0 Å². The van der Waals surface area contributed by atoms with Crippen molar-refractivity contribution in [3.63, 3.8) is 0 Å². The first-order valence-electron chi connectivity index (χ1n) is 10.2. The molecule has 0 aliphatic carbocycles. The van der Waals surface area contributed by atoms with Gasteiger partial charge < -0.3 is 24.4 Å². The number of nitrogens with zero attached hydrogens (tertiary/aromatic N) is 3. The Balaban J connectivity index is 0.00000450. The fourth-order valence-electron chi connectivity index (χ4n) is 3.42. The SMILES string of the molecule is CCNC(=NCCCSC)N1CCN(Cc2cc(OC)c(OC)c(OC)c2)CC1.I. The predicted octanol–water partition coefficient (Wildman–Crippen LogP) is 3.17. The van der Waals surface area contributed by atoms with Crippen molar-refractivity contribution in [2.24, 2.45) is 4.99 Å². The van der Waals surface area contributed by atoms with Gasteiger partial charge in [0.05, 0.1) is 21.3 Å².